The molecule has 3 heteroatoms. The number of ether oxygens (including phenoxy) is 1. The lowest BCUT2D eigenvalue weighted by molar-refractivity contribution is 0.109. The van der Waals surface area contributed by atoms with Crippen LogP contribution in [-0.4, -0.2) is 37.0 Å². The van der Waals surface area contributed by atoms with Crippen molar-refractivity contribution in [1.29, 1.82) is 5.41 Å². The van der Waals surface area contributed by atoms with Crippen LogP contribution in [0.1, 0.15) is 32.1 Å². The topological polar surface area (TPSA) is 36.3 Å². The van der Waals surface area contributed by atoms with E-state index in [0.717, 1.165) is 44.5 Å². The Balaban J connectivity index is 1.56. The molecule has 1 saturated heterocycles. The van der Waals surface area contributed by atoms with Crippen molar-refractivity contribution >= 4 is 5.84 Å². The molecule has 14 heavy (non-hydrogen) atoms. The first-order valence-electron chi connectivity index (χ1n) is 5.76. The van der Waals surface area contributed by atoms with E-state index < -0.39 is 0 Å². The van der Waals surface area contributed by atoms with Crippen molar-refractivity contribution in [1.82, 2.24) is 4.90 Å². The van der Waals surface area contributed by atoms with Crippen LogP contribution in [-0.2, 0) is 4.74 Å². The Morgan fingerprint density at radius 2 is 2.21 bits per heavy atom. The molecule has 2 fully saturated rings. The van der Waals surface area contributed by atoms with Gasteiger partial charge in [0.05, 0.1) is 12.4 Å². The highest BCUT2D eigenvalue weighted by atomic mass is 16.5. The molecule has 0 aromatic rings. The van der Waals surface area contributed by atoms with Crippen LogP contribution in [0.3, 0.4) is 0 Å². The maximum absolute atomic E-state index is 7.75. The normalized spacial score (nSPS) is 22.9. The van der Waals surface area contributed by atoms with Gasteiger partial charge in [0.1, 0.15) is 0 Å². The third kappa shape index (κ3) is 2.98. The Hall–Kier alpha value is -0.570. The zero-order valence-electron chi connectivity index (χ0n) is 8.80. The summed E-state index contributed by atoms with van der Waals surface area (Å²) in [6.07, 6.45) is 6.12. The van der Waals surface area contributed by atoms with Gasteiger partial charge in [-0.25, -0.2) is 0 Å². The third-order valence-electron chi connectivity index (χ3n) is 3.03. The molecule has 1 heterocycles. The highest BCUT2D eigenvalue weighted by Gasteiger charge is 2.21. The first-order chi connectivity index (χ1) is 6.86. The maximum Gasteiger partial charge on any atom is 0.0958 e. The zero-order chi connectivity index (χ0) is 9.80. The van der Waals surface area contributed by atoms with Crippen LogP contribution in [0.15, 0.2) is 0 Å². The standard InChI is InChI=1S/C11H20N2O/c12-11-3-1-2-6-13(11)7-8-14-9-10-4-5-10/h10,12H,1-9H2. The van der Waals surface area contributed by atoms with E-state index in [1.54, 1.807) is 0 Å². The Bertz CT molecular complexity index is 201. The lowest BCUT2D eigenvalue weighted by Crippen LogP contribution is -2.37. The number of nitrogens with zero attached hydrogens (tertiary/aromatic N) is 1. The molecular weight excluding hydrogens is 176 g/mol. The predicted octanol–water partition coefficient (Wildman–Crippen LogP) is 1.88. The fourth-order valence-corrected chi connectivity index (χ4v) is 1.84. The second-order valence-corrected chi connectivity index (χ2v) is 4.41. The molecule has 2 aliphatic rings. The SMILES string of the molecule is N=C1CCCCN1CCOCC1CC1. The molecule has 0 atom stereocenters. The highest BCUT2D eigenvalue weighted by molar-refractivity contribution is 5.79. The first kappa shape index (κ1) is 9.97. The van der Waals surface area contributed by atoms with Crippen LogP contribution in [0.2, 0.25) is 0 Å². The van der Waals surface area contributed by atoms with Gasteiger partial charge in [-0.05, 0) is 31.6 Å². The molecule has 1 saturated carbocycles. The monoisotopic (exact) mass is 196 g/mol. The molecule has 1 N–H and O–H groups in total. The zero-order valence-corrected chi connectivity index (χ0v) is 8.80. The van der Waals surface area contributed by atoms with Gasteiger partial charge >= 0.3 is 0 Å². The molecule has 1 aliphatic heterocycles. The van der Waals surface area contributed by atoms with Gasteiger partial charge in [-0.3, -0.25) is 5.41 Å². The summed E-state index contributed by atoms with van der Waals surface area (Å²) >= 11 is 0. The van der Waals surface area contributed by atoms with E-state index in [1.165, 1.54) is 25.7 Å². The molecule has 1 aliphatic carbocycles. The summed E-state index contributed by atoms with van der Waals surface area (Å²) in [5.74, 6) is 1.67. The number of hydrogen-bond acceptors (Lipinski definition) is 2. The molecular formula is C11H20N2O. The summed E-state index contributed by atoms with van der Waals surface area (Å²) in [6.45, 7) is 3.73. The van der Waals surface area contributed by atoms with Crippen molar-refractivity contribution in [3.05, 3.63) is 0 Å². The average Bonchev–Trinajstić information content (AvgIpc) is 2.99. The van der Waals surface area contributed by atoms with Crippen molar-refractivity contribution in [2.75, 3.05) is 26.3 Å². The summed E-state index contributed by atoms with van der Waals surface area (Å²) in [4.78, 5) is 2.16. The van der Waals surface area contributed by atoms with E-state index in [-0.39, 0.29) is 0 Å². The van der Waals surface area contributed by atoms with E-state index in [9.17, 15) is 0 Å². The Labute approximate surface area is 85.9 Å². The van der Waals surface area contributed by atoms with Gasteiger partial charge in [-0.2, -0.15) is 0 Å². The van der Waals surface area contributed by atoms with E-state index in [1.807, 2.05) is 0 Å². The van der Waals surface area contributed by atoms with Gasteiger partial charge in [0.15, 0.2) is 0 Å². The minimum atomic E-state index is 0.804. The van der Waals surface area contributed by atoms with Crippen molar-refractivity contribution in [3.8, 4) is 0 Å². The van der Waals surface area contributed by atoms with Crippen LogP contribution < -0.4 is 0 Å². The van der Waals surface area contributed by atoms with Crippen LogP contribution in [0.25, 0.3) is 0 Å². The van der Waals surface area contributed by atoms with E-state index in [0.29, 0.717) is 0 Å². The lowest BCUT2D eigenvalue weighted by atomic mass is 10.1. The minimum Gasteiger partial charge on any atom is -0.379 e. The predicted molar refractivity (Wildman–Crippen MR) is 56.7 cm³/mol. The number of piperidine rings is 1. The van der Waals surface area contributed by atoms with Crippen LogP contribution >= 0.6 is 0 Å². The van der Waals surface area contributed by atoms with Crippen molar-refractivity contribution in [3.63, 3.8) is 0 Å². The largest absolute Gasteiger partial charge is 0.379 e. The summed E-state index contributed by atoms with van der Waals surface area (Å²) < 4.78 is 5.57. The summed E-state index contributed by atoms with van der Waals surface area (Å²) in [5.41, 5.74) is 0. The van der Waals surface area contributed by atoms with Crippen LogP contribution in [0.5, 0.6) is 0 Å². The Kier molecular flexibility index (Phi) is 3.40. The van der Waals surface area contributed by atoms with Gasteiger partial charge in [0, 0.05) is 26.1 Å². The Morgan fingerprint density at radius 3 is 2.93 bits per heavy atom. The molecule has 0 aromatic heterocycles. The summed E-state index contributed by atoms with van der Waals surface area (Å²) in [5, 5.41) is 7.75. The second kappa shape index (κ2) is 4.78. The molecule has 2 rings (SSSR count). The molecule has 0 radical (unpaired) electrons. The molecule has 0 bridgehead atoms. The number of rotatable bonds is 5. The number of hydrogen-bond donors (Lipinski definition) is 1. The van der Waals surface area contributed by atoms with Crippen LogP contribution in [0, 0.1) is 11.3 Å². The van der Waals surface area contributed by atoms with Gasteiger partial charge in [-0.1, -0.05) is 0 Å². The first-order valence-corrected chi connectivity index (χ1v) is 5.76. The molecule has 0 amide bonds. The van der Waals surface area contributed by atoms with Gasteiger partial charge < -0.3 is 9.64 Å². The smallest absolute Gasteiger partial charge is 0.0958 e. The summed E-state index contributed by atoms with van der Waals surface area (Å²) in [7, 11) is 0. The Morgan fingerprint density at radius 1 is 1.36 bits per heavy atom. The van der Waals surface area contributed by atoms with E-state index >= 15 is 0 Å². The van der Waals surface area contributed by atoms with Gasteiger partial charge in [0.25, 0.3) is 0 Å². The van der Waals surface area contributed by atoms with E-state index in [2.05, 4.69) is 4.90 Å². The van der Waals surface area contributed by atoms with Crippen molar-refractivity contribution in [2.24, 2.45) is 5.92 Å². The highest BCUT2D eigenvalue weighted by Crippen LogP contribution is 2.28. The van der Waals surface area contributed by atoms with Crippen molar-refractivity contribution < 1.29 is 4.74 Å². The number of amidine groups is 1. The minimum absolute atomic E-state index is 0.804. The summed E-state index contributed by atoms with van der Waals surface area (Å²) in [6, 6.07) is 0. The van der Waals surface area contributed by atoms with Gasteiger partial charge in [0.2, 0.25) is 0 Å². The fraction of sp³-hybridized carbons (Fsp3) is 0.909. The van der Waals surface area contributed by atoms with Crippen molar-refractivity contribution in [2.45, 2.75) is 32.1 Å². The quantitative estimate of drug-likeness (QED) is 0.681. The molecule has 3 nitrogen and oxygen atoms in total. The lowest BCUT2D eigenvalue weighted by Gasteiger charge is -2.29. The third-order valence-corrected chi connectivity index (χ3v) is 3.03. The maximum atomic E-state index is 7.75. The van der Waals surface area contributed by atoms with Gasteiger partial charge in [-0.15, -0.1) is 0 Å². The molecule has 80 valence electrons. The average molecular weight is 196 g/mol. The molecule has 0 spiro atoms. The number of likely N-dealkylation sites (tertiary alicyclic amines) is 1. The molecule has 0 unspecified atom stereocenters. The fourth-order valence-electron chi connectivity index (χ4n) is 1.84. The second-order valence-electron chi connectivity index (χ2n) is 4.41. The van der Waals surface area contributed by atoms with Crippen LogP contribution in [0.4, 0.5) is 0 Å². The number of nitrogens with one attached hydrogen (secondary N) is 1. The molecule has 0 aromatic carbocycles. The van der Waals surface area contributed by atoms with E-state index in [4.69, 9.17) is 10.1 Å².